The summed E-state index contributed by atoms with van der Waals surface area (Å²) in [6, 6.07) is 6.91. The van der Waals surface area contributed by atoms with Gasteiger partial charge in [-0.15, -0.1) is 11.3 Å². The first-order chi connectivity index (χ1) is 10.0. The van der Waals surface area contributed by atoms with Crippen LogP contribution in [0.1, 0.15) is 24.5 Å². The van der Waals surface area contributed by atoms with Gasteiger partial charge in [0.25, 0.3) is 0 Å². The lowest BCUT2D eigenvalue weighted by Crippen LogP contribution is -2.33. The summed E-state index contributed by atoms with van der Waals surface area (Å²) in [7, 11) is -3.47. The third-order valence-corrected chi connectivity index (χ3v) is 6.06. The van der Waals surface area contributed by atoms with E-state index in [-0.39, 0.29) is 6.04 Å². The quantitative estimate of drug-likeness (QED) is 0.780. The highest BCUT2D eigenvalue weighted by Gasteiger charge is 2.20. The van der Waals surface area contributed by atoms with Crippen molar-refractivity contribution in [3.8, 4) is 0 Å². The second kappa shape index (κ2) is 7.22. The Labute approximate surface area is 129 Å². The first-order valence-electron chi connectivity index (χ1n) is 6.85. The van der Waals surface area contributed by atoms with E-state index in [1.54, 1.807) is 18.4 Å². The topological polar surface area (TPSA) is 71.3 Å². The third kappa shape index (κ3) is 4.67. The van der Waals surface area contributed by atoms with E-state index in [1.807, 2.05) is 26.0 Å². The van der Waals surface area contributed by atoms with Crippen molar-refractivity contribution in [2.75, 3.05) is 6.54 Å². The van der Waals surface area contributed by atoms with Crippen molar-refractivity contribution in [3.63, 3.8) is 0 Å². The van der Waals surface area contributed by atoms with Gasteiger partial charge >= 0.3 is 0 Å². The smallest absolute Gasteiger partial charge is 0.250 e. The molecule has 0 fully saturated rings. The largest absolute Gasteiger partial charge is 0.469 e. The number of rotatable bonds is 8. The second-order valence-corrected chi connectivity index (χ2v) is 7.92. The standard InChI is InChI=1S/C14H20N2O3S2/c1-3-15-10-13-6-7-14(20-13)21(17,18)16-11(2)9-12-5-4-8-19-12/h4-8,11,15-16H,3,9-10H2,1-2H3. The minimum absolute atomic E-state index is 0.222. The predicted octanol–water partition coefficient (Wildman–Crippen LogP) is 2.36. The Morgan fingerprint density at radius 3 is 2.81 bits per heavy atom. The van der Waals surface area contributed by atoms with Crippen LogP contribution in [0.3, 0.4) is 0 Å². The highest BCUT2D eigenvalue weighted by atomic mass is 32.2. The van der Waals surface area contributed by atoms with E-state index in [9.17, 15) is 8.42 Å². The van der Waals surface area contributed by atoms with Crippen LogP contribution in [0.4, 0.5) is 0 Å². The summed E-state index contributed by atoms with van der Waals surface area (Å²) in [5.41, 5.74) is 0. The molecule has 5 nitrogen and oxygen atoms in total. The van der Waals surface area contributed by atoms with Crippen molar-refractivity contribution in [1.29, 1.82) is 0 Å². The zero-order valence-corrected chi connectivity index (χ0v) is 13.8. The number of furan rings is 1. The Hall–Kier alpha value is -1.15. The van der Waals surface area contributed by atoms with Crippen LogP contribution in [0, 0.1) is 0 Å². The van der Waals surface area contributed by atoms with Crippen LogP contribution < -0.4 is 10.0 Å². The zero-order chi connectivity index (χ0) is 15.3. The van der Waals surface area contributed by atoms with Crippen LogP contribution in [0.25, 0.3) is 0 Å². The normalized spacial score (nSPS) is 13.4. The van der Waals surface area contributed by atoms with E-state index in [0.717, 1.165) is 17.2 Å². The predicted molar refractivity (Wildman–Crippen MR) is 83.9 cm³/mol. The summed E-state index contributed by atoms with van der Waals surface area (Å²) in [4.78, 5) is 1.01. The van der Waals surface area contributed by atoms with Crippen molar-refractivity contribution < 1.29 is 12.8 Å². The molecule has 2 heterocycles. The van der Waals surface area contributed by atoms with Gasteiger partial charge in [-0.05, 0) is 37.7 Å². The molecule has 2 rings (SSSR count). The maximum atomic E-state index is 12.3. The molecule has 1 atom stereocenters. The molecule has 0 amide bonds. The van der Waals surface area contributed by atoms with Crippen molar-refractivity contribution in [1.82, 2.24) is 10.0 Å². The van der Waals surface area contributed by atoms with Crippen molar-refractivity contribution in [2.45, 2.75) is 37.1 Å². The Balaban J connectivity index is 1.98. The monoisotopic (exact) mass is 328 g/mol. The molecule has 7 heteroatoms. The van der Waals surface area contributed by atoms with E-state index in [1.165, 1.54) is 11.3 Å². The molecular formula is C14H20N2O3S2. The lowest BCUT2D eigenvalue weighted by Gasteiger charge is -2.11. The molecule has 0 saturated heterocycles. The van der Waals surface area contributed by atoms with E-state index in [4.69, 9.17) is 4.42 Å². The highest BCUT2D eigenvalue weighted by molar-refractivity contribution is 7.91. The van der Waals surface area contributed by atoms with Gasteiger partial charge in [0.05, 0.1) is 6.26 Å². The van der Waals surface area contributed by atoms with E-state index in [2.05, 4.69) is 10.0 Å². The molecule has 21 heavy (non-hydrogen) atoms. The Kier molecular flexibility index (Phi) is 5.58. The van der Waals surface area contributed by atoms with Crippen LogP contribution >= 0.6 is 11.3 Å². The third-order valence-electron chi connectivity index (χ3n) is 2.89. The number of thiophene rings is 1. The fourth-order valence-electron chi connectivity index (χ4n) is 1.94. The molecular weight excluding hydrogens is 308 g/mol. The fraction of sp³-hybridized carbons (Fsp3) is 0.429. The number of nitrogens with one attached hydrogen (secondary N) is 2. The molecule has 0 aliphatic rings. The van der Waals surface area contributed by atoms with Gasteiger partial charge in [0.1, 0.15) is 9.97 Å². The lowest BCUT2D eigenvalue weighted by atomic mass is 10.2. The zero-order valence-electron chi connectivity index (χ0n) is 12.1. The molecule has 2 N–H and O–H groups in total. The lowest BCUT2D eigenvalue weighted by molar-refractivity contribution is 0.479. The maximum Gasteiger partial charge on any atom is 0.250 e. The molecule has 116 valence electrons. The van der Waals surface area contributed by atoms with E-state index >= 15 is 0 Å². The molecule has 0 radical (unpaired) electrons. The minimum Gasteiger partial charge on any atom is -0.469 e. The first kappa shape index (κ1) is 16.2. The molecule has 1 unspecified atom stereocenters. The van der Waals surface area contributed by atoms with Crippen LogP contribution in [-0.2, 0) is 23.0 Å². The molecule has 0 aliphatic carbocycles. The van der Waals surface area contributed by atoms with E-state index < -0.39 is 10.0 Å². The SMILES string of the molecule is CCNCc1ccc(S(=O)(=O)NC(C)Cc2ccco2)s1. The number of hydrogen-bond acceptors (Lipinski definition) is 5. The second-order valence-electron chi connectivity index (χ2n) is 4.81. The molecule has 2 aromatic rings. The van der Waals surface area contributed by atoms with Crippen molar-refractivity contribution in [2.24, 2.45) is 0 Å². The summed E-state index contributed by atoms with van der Waals surface area (Å²) in [5, 5.41) is 3.18. The summed E-state index contributed by atoms with van der Waals surface area (Å²) in [6.07, 6.45) is 2.12. The average molecular weight is 328 g/mol. The molecule has 0 aliphatic heterocycles. The van der Waals surface area contributed by atoms with Crippen molar-refractivity contribution in [3.05, 3.63) is 41.2 Å². The van der Waals surface area contributed by atoms with Gasteiger partial charge < -0.3 is 9.73 Å². The highest BCUT2D eigenvalue weighted by Crippen LogP contribution is 2.22. The minimum atomic E-state index is -3.47. The Morgan fingerprint density at radius 1 is 1.33 bits per heavy atom. The summed E-state index contributed by atoms with van der Waals surface area (Å²) < 4.78 is 32.9. The van der Waals surface area contributed by atoms with Gasteiger partial charge in [-0.2, -0.15) is 0 Å². The number of sulfonamides is 1. The molecule has 0 aromatic carbocycles. The Morgan fingerprint density at radius 2 is 2.14 bits per heavy atom. The van der Waals surface area contributed by atoms with Gasteiger partial charge in [-0.3, -0.25) is 0 Å². The number of hydrogen-bond donors (Lipinski definition) is 2. The van der Waals surface area contributed by atoms with Crippen LogP contribution in [-0.4, -0.2) is 21.0 Å². The van der Waals surface area contributed by atoms with Crippen molar-refractivity contribution >= 4 is 21.4 Å². The van der Waals surface area contributed by atoms with Gasteiger partial charge in [0.15, 0.2) is 0 Å². The van der Waals surface area contributed by atoms with Crippen LogP contribution in [0.2, 0.25) is 0 Å². The summed E-state index contributed by atoms with van der Waals surface area (Å²) >= 11 is 1.29. The summed E-state index contributed by atoms with van der Waals surface area (Å²) in [5.74, 6) is 0.768. The molecule has 0 bridgehead atoms. The Bertz CT molecular complexity index is 648. The average Bonchev–Trinajstić information content (AvgIpc) is 3.06. The maximum absolute atomic E-state index is 12.3. The van der Waals surface area contributed by atoms with Gasteiger partial charge in [-0.25, -0.2) is 13.1 Å². The fourth-order valence-corrected chi connectivity index (χ4v) is 4.53. The van der Waals surface area contributed by atoms with Gasteiger partial charge in [-0.1, -0.05) is 6.92 Å². The van der Waals surface area contributed by atoms with Gasteiger partial charge in [0, 0.05) is 23.9 Å². The van der Waals surface area contributed by atoms with Crippen LogP contribution in [0.15, 0.2) is 39.2 Å². The molecule has 2 aromatic heterocycles. The first-order valence-corrected chi connectivity index (χ1v) is 9.15. The molecule has 0 spiro atoms. The van der Waals surface area contributed by atoms with E-state index in [0.29, 0.717) is 17.2 Å². The summed E-state index contributed by atoms with van der Waals surface area (Å²) in [6.45, 7) is 5.40. The molecule has 0 saturated carbocycles. The van der Waals surface area contributed by atoms with Crippen LogP contribution in [0.5, 0.6) is 0 Å². The van der Waals surface area contributed by atoms with Gasteiger partial charge in [0.2, 0.25) is 10.0 Å².